The molecule has 1 aromatic carbocycles. The molecule has 9 heteroatoms. The number of benzene rings is 1. The van der Waals surface area contributed by atoms with Gasteiger partial charge >= 0.3 is 6.18 Å². The predicted molar refractivity (Wildman–Crippen MR) is 89.0 cm³/mol. The van der Waals surface area contributed by atoms with Gasteiger partial charge in [0.2, 0.25) is 0 Å². The van der Waals surface area contributed by atoms with Crippen molar-refractivity contribution in [3.8, 4) is 0 Å². The molecule has 0 atom stereocenters. The Balaban J connectivity index is 1.70. The number of aromatic nitrogens is 2. The monoisotopic (exact) mass is 364 g/mol. The minimum absolute atomic E-state index is 0.0505. The summed E-state index contributed by atoms with van der Waals surface area (Å²) in [5.41, 5.74) is 0.0348. The van der Waals surface area contributed by atoms with Crippen molar-refractivity contribution in [1.82, 2.24) is 9.97 Å². The molecular weight excluding hydrogens is 353 g/mol. The Labute approximate surface area is 144 Å². The van der Waals surface area contributed by atoms with Crippen LogP contribution >= 0.6 is 11.3 Å². The molecule has 1 amide bonds. The van der Waals surface area contributed by atoms with Gasteiger partial charge in [-0.25, -0.2) is 4.98 Å². The Bertz CT molecular complexity index is 880. The number of carbonyl (C=O) groups is 1. The molecule has 0 saturated heterocycles. The van der Waals surface area contributed by atoms with Crippen LogP contribution in [0.3, 0.4) is 0 Å². The third kappa shape index (κ3) is 4.32. The third-order valence-corrected chi connectivity index (χ3v) is 3.86. The van der Waals surface area contributed by atoms with Crippen molar-refractivity contribution in [3.05, 3.63) is 65.4 Å². The fourth-order valence-electron chi connectivity index (χ4n) is 1.96. The van der Waals surface area contributed by atoms with Crippen molar-refractivity contribution in [3.63, 3.8) is 0 Å². The second-order valence-electron chi connectivity index (χ2n) is 4.94. The van der Waals surface area contributed by atoms with Gasteiger partial charge in [0, 0.05) is 17.3 Å². The maximum Gasteiger partial charge on any atom is 0.416 e. The van der Waals surface area contributed by atoms with Crippen molar-refractivity contribution < 1.29 is 18.0 Å². The summed E-state index contributed by atoms with van der Waals surface area (Å²) < 4.78 is 38.1. The zero-order valence-electron chi connectivity index (χ0n) is 12.5. The van der Waals surface area contributed by atoms with Crippen molar-refractivity contribution >= 4 is 33.8 Å². The summed E-state index contributed by atoms with van der Waals surface area (Å²) in [6, 6.07) is 7.96. The van der Waals surface area contributed by atoms with Crippen molar-refractivity contribution in [2.45, 2.75) is 6.18 Å². The van der Waals surface area contributed by atoms with Gasteiger partial charge in [-0.1, -0.05) is 6.07 Å². The highest BCUT2D eigenvalue weighted by Gasteiger charge is 2.30. The average Bonchev–Trinajstić information content (AvgIpc) is 3.04. The van der Waals surface area contributed by atoms with E-state index in [0.29, 0.717) is 10.8 Å². The summed E-state index contributed by atoms with van der Waals surface area (Å²) in [4.78, 5) is 20.2. The summed E-state index contributed by atoms with van der Waals surface area (Å²) in [7, 11) is 0. The summed E-state index contributed by atoms with van der Waals surface area (Å²) in [5, 5.41) is 7.39. The number of hydrogen-bond acceptors (Lipinski definition) is 5. The van der Waals surface area contributed by atoms with Crippen LogP contribution in [0.25, 0.3) is 0 Å². The van der Waals surface area contributed by atoms with E-state index in [0.717, 1.165) is 12.1 Å². The minimum Gasteiger partial charge on any atom is -0.330 e. The van der Waals surface area contributed by atoms with Gasteiger partial charge < -0.3 is 10.6 Å². The molecule has 0 unspecified atom stereocenters. The molecule has 0 spiro atoms. The molecule has 3 rings (SSSR count). The van der Waals surface area contributed by atoms with E-state index in [-0.39, 0.29) is 11.4 Å². The lowest BCUT2D eigenvalue weighted by atomic mass is 10.2. The fraction of sp³-hybridized carbons (Fsp3) is 0.0625. The zero-order valence-corrected chi connectivity index (χ0v) is 13.4. The van der Waals surface area contributed by atoms with Crippen molar-refractivity contribution in [2.75, 3.05) is 10.6 Å². The van der Waals surface area contributed by atoms with Crippen LogP contribution in [0.1, 0.15) is 16.1 Å². The topological polar surface area (TPSA) is 66.9 Å². The molecule has 25 heavy (non-hydrogen) atoms. The van der Waals surface area contributed by atoms with Crippen LogP contribution in [-0.4, -0.2) is 15.9 Å². The SMILES string of the molecule is O=C(Nc1cccc(C(F)(F)F)c1)c1csc(Nc2cccnc2)n1. The normalized spacial score (nSPS) is 11.2. The number of nitrogens with zero attached hydrogens (tertiary/aromatic N) is 2. The lowest BCUT2D eigenvalue weighted by Crippen LogP contribution is -2.13. The van der Waals surface area contributed by atoms with Crippen LogP contribution < -0.4 is 10.6 Å². The number of halogens is 3. The number of anilines is 3. The van der Waals surface area contributed by atoms with Gasteiger partial charge in [-0.2, -0.15) is 13.2 Å². The lowest BCUT2D eigenvalue weighted by Gasteiger charge is -2.09. The Morgan fingerprint density at radius 2 is 1.92 bits per heavy atom. The van der Waals surface area contributed by atoms with Gasteiger partial charge in [0.25, 0.3) is 5.91 Å². The van der Waals surface area contributed by atoms with Crippen molar-refractivity contribution in [1.29, 1.82) is 0 Å². The van der Waals surface area contributed by atoms with E-state index < -0.39 is 17.6 Å². The highest BCUT2D eigenvalue weighted by molar-refractivity contribution is 7.14. The van der Waals surface area contributed by atoms with Gasteiger partial charge in [-0.3, -0.25) is 9.78 Å². The van der Waals surface area contributed by atoms with E-state index in [4.69, 9.17) is 0 Å². The first-order valence-electron chi connectivity index (χ1n) is 7.03. The third-order valence-electron chi connectivity index (χ3n) is 3.10. The smallest absolute Gasteiger partial charge is 0.330 e. The van der Waals surface area contributed by atoms with Gasteiger partial charge in [0.05, 0.1) is 17.4 Å². The molecule has 0 bridgehead atoms. The number of thiazole rings is 1. The second-order valence-corrected chi connectivity index (χ2v) is 5.80. The van der Waals surface area contributed by atoms with Crippen LogP contribution in [0.15, 0.2) is 54.2 Å². The fourth-order valence-corrected chi connectivity index (χ4v) is 2.67. The van der Waals surface area contributed by atoms with E-state index in [1.807, 2.05) is 0 Å². The van der Waals surface area contributed by atoms with Gasteiger partial charge in [0.15, 0.2) is 5.13 Å². The van der Waals surface area contributed by atoms with Gasteiger partial charge in [-0.15, -0.1) is 11.3 Å². The predicted octanol–water partition coefficient (Wildman–Crippen LogP) is 4.55. The highest BCUT2D eigenvalue weighted by Crippen LogP contribution is 2.30. The largest absolute Gasteiger partial charge is 0.416 e. The molecule has 2 N–H and O–H groups in total. The first kappa shape index (κ1) is 16.9. The number of nitrogens with one attached hydrogen (secondary N) is 2. The molecule has 5 nitrogen and oxygen atoms in total. The molecule has 3 aromatic rings. The molecule has 2 heterocycles. The van der Waals surface area contributed by atoms with E-state index >= 15 is 0 Å². The molecule has 0 fully saturated rings. The Hall–Kier alpha value is -2.94. The molecule has 0 aliphatic rings. The van der Waals surface area contributed by atoms with Gasteiger partial charge in [-0.05, 0) is 30.3 Å². The van der Waals surface area contributed by atoms with E-state index in [1.54, 1.807) is 24.5 Å². The van der Waals surface area contributed by atoms with Crippen molar-refractivity contribution in [2.24, 2.45) is 0 Å². The molecule has 128 valence electrons. The summed E-state index contributed by atoms with van der Waals surface area (Å²) in [6.45, 7) is 0. The standard InChI is InChI=1S/C16H11F3N4OS/c17-16(18,19)10-3-1-4-11(7-10)21-14(24)13-9-25-15(23-13)22-12-5-2-6-20-8-12/h1-9H,(H,21,24)(H,22,23). The zero-order chi connectivity index (χ0) is 17.9. The Kier molecular flexibility index (Phi) is 4.66. The minimum atomic E-state index is -4.47. The molecule has 0 radical (unpaired) electrons. The number of rotatable bonds is 4. The van der Waals surface area contributed by atoms with Gasteiger partial charge in [0.1, 0.15) is 5.69 Å². The Morgan fingerprint density at radius 3 is 2.64 bits per heavy atom. The quantitative estimate of drug-likeness (QED) is 0.713. The van der Waals surface area contributed by atoms with Crippen LogP contribution in [0.4, 0.5) is 29.7 Å². The number of pyridine rings is 1. The van der Waals surface area contributed by atoms with Crippen LogP contribution in [-0.2, 0) is 6.18 Å². The number of amides is 1. The molecule has 0 saturated carbocycles. The highest BCUT2D eigenvalue weighted by atomic mass is 32.1. The van der Waals surface area contributed by atoms with Crippen LogP contribution in [0.2, 0.25) is 0 Å². The summed E-state index contributed by atoms with van der Waals surface area (Å²) >= 11 is 1.20. The van der Waals surface area contributed by atoms with E-state index in [9.17, 15) is 18.0 Å². The first-order chi connectivity index (χ1) is 11.9. The second kappa shape index (κ2) is 6.89. The molecule has 0 aliphatic carbocycles. The summed E-state index contributed by atoms with van der Waals surface area (Å²) in [5.74, 6) is -0.588. The molecule has 0 aliphatic heterocycles. The van der Waals surface area contributed by atoms with E-state index in [1.165, 1.54) is 28.8 Å². The van der Waals surface area contributed by atoms with Crippen LogP contribution in [0.5, 0.6) is 0 Å². The number of alkyl halides is 3. The lowest BCUT2D eigenvalue weighted by molar-refractivity contribution is -0.137. The number of carbonyl (C=O) groups excluding carboxylic acids is 1. The Morgan fingerprint density at radius 1 is 1.12 bits per heavy atom. The molecular formula is C16H11F3N4OS. The molecule has 2 aromatic heterocycles. The maximum atomic E-state index is 12.7. The van der Waals surface area contributed by atoms with Crippen LogP contribution in [0, 0.1) is 0 Å². The number of hydrogen-bond donors (Lipinski definition) is 2. The summed E-state index contributed by atoms with van der Waals surface area (Å²) in [6.07, 6.45) is -1.24. The average molecular weight is 364 g/mol. The van der Waals surface area contributed by atoms with E-state index in [2.05, 4.69) is 20.6 Å². The first-order valence-corrected chi connectivity index (χ1v) is 7.91. The maximum absolute atomic E-state index is 12.7.